The van der Waals surface area contributed by atoms with Crippen LogP contribution in [0.15, 0.2) is 97.6 Å². The molecule has 11 heteroatoms. The van der Waals surface area contributed by atoms with Crippen molar-refractivity contribution in [3.63, 3.8) is 0 Å². The maximum absolute atomic E-state index is 6.75. The normalized spacial score (nSPS) is 9.14. The molecule has 170 valence electrons. The topological polar surface area (TPSA) is 169 Å². The van der Waals surface area contributed by atoms with Crippen LogP contribution in [0.2, 0.25) is 0 Å². The molecule has 0 saturated heterocycles. The van der Waals surface area contributed by atoms with Gasteiger partial charge in [0, 0.05) is 46.3 Å². The Kier molecular flexibility index (Phi) is 10.4. The number of aromatic nitrogens is 4. The third-order valence-electron chi connectivity index (χ3n) is 4.69. The average molecular weight is 500 g/mol. The molecule has 2 aromatic carbocycles. The van der Waals surface area contributed by atoms with E-state index in [0.717, 1.165) is 43.6 Å². The van der Waals surface area contributed by atoms with E-state index in [-0.39, 0.29) is 17.1 Å². The molecule has 0 fully saturated rings. The van der Waals surface area contributed by atoms with Gasteiger partial charge in [-0.25, -0.2) is 0 Å². The van der Waals surface area contributed by atoms with E-state index in [4.69, 9.17) is 22.1 Å². The standard InChI is InChI=1S/2C12H8N2.Fe.2N3/c2*1-3-9-5-6-10-4-2-8-14-12(10)11(9)13-7-1;;2*1-3-2/h2*1-8H;;;/q;;+2;2*-1. The number of nitrogens with zero attached hydrogens (tertiary/aromatic N) is 10. The Bertz CT molecular complexity index is 1390. The number of rotatable bonds is 0. The van der Waals surface area contributed by atoms with E-state index in [2.05, 4.69) is 68.5 Å². The predicted octanol–water partition coefficient (Wildman–Crippen LogP) is 7.30. The second-order valence-corrected chi connectivity index (χ2v) is 6.61. The second kappa shape index (κ2) is 13.7. The molecule has 0 aliphatic heterocycles. The van der Waals surface area contributed by atoms with Crippen LogP contribution in [0.25, 0.3) is 75.6 Å². The zero-order chi connectivity index (χ0) is 24.2. The average Bonchev–Trinajstić information content (AvgIpc) is 2.90. The van der Waals surface area contributed by atoms with E-state index >= 15 is 0 Å². The van der Waals surface area contributed by atoms with Crippen molar-refractivity contribution in [3.05, 3.63) is 130 Å². The molecular formula is C24H16FeN10. The van der Waals surface area contributed by atoms with E-state index in [1.807, 2.05) is 24.3 Å². The molecular weight excluding hydrogens is 484 g/mol. The second-order valence-electron chi connectivity index (χ2n) is 6.61. The van der Waals surface area contributed by atoms with Gasteiger partial charge in [-0.3, -0.25) is 29.8 Å². The zero-order valence-corrected chi connectivity index (χ0v) is 19.2. The Morgan fingerprint density at radius 1 is 0.400 bits per heavy atom. The van der Waals surface area contributed by atoms with Gasteiger partial charge in [-0.2, -0.15) is 0 Å². The van der Waals surface area contributed by atoms with Crippen LogP contribution in [-0.2, 0) is 17.1 Å². The summed E-state index contributed by atoms with van der Waals surface area (Å²) in [5, 5.41) is 4.55. The fraction of sp³-hybridized carbons (Fsp3) is 0. The molecule has 0 unspecified atom stereocenters. The number of pyridine rings is 4. The van der Waals surface area contributed by atoms with E-state index in [0.29, 0.717) is 0 Å². The minimum absolute atomic E-state index is 0. The summed E-state index contributed by atoms with van der Waals surface area (Å²) in [5.41, 5.74) is 30.9. The number of benzene rings is 2. The molecule has 0 N–H and O–H groups in total. The van der Waals surface area contributed by atoms with E-state index in [1.165, 1.54) is 9.82 Å². The van der Waals surface area contributed by atoms with Crippen molar-refractivity contribution in [2.24, 2.45) is 0 Å². The molecule has 4 heterocycles. The maximum Gasteiger partial charge on any atom is 2.00 e. The van der Waals surface area contributed by atoms with Crippen LogP contribution < -0.4 is 0 Å². The zero-order valence-electron chi connectivity index (χ0n) is 18.1. The van der Waals surface area contributed by atoms with Crippen LogP contribution in [0.1, 0.15) is 0 Å². The van der Waals surface area contributed by atoms with Crippen LogP contribution in [0, 0.1) is 0 Å². The smallest absolute Gasteiger partial charge is 0.373 e. The summed E-state index contributed by atoms with van der Waals surface area (Å²) in [4.78, 5) is 20.4. The van der Waals surface area contributed by atoms with Crippen LogP contribution in [0.3, 0.4) is 0 Å². The molecule has 0 spiro atoms. The van der Waals surface area contributed by atoms with Gasteiger partial charge in [-0.1, -0.05) is 48.5 Å². The summed E-state index contributed by atoms with van der Waals surface area (Å²) >= 11 is 0. The molecule has 0 aliphatic rings. The van der Waals surface area contributed by atoms with Gasteiger partial charge in [-0.05, 0) is 24.3 Å². The maximum atomic E-state index is 6.75. The first kappa shape index (κ1) is 26.5. The Morgan fingerprint density at radius 3 is 0.800 bits per heavy atom. The number of fused-ring (bicyclic) bond motifs is 6. The fourth-order valence-electron chi connectivity index (χ4n) is 3.36. The monoisotopic (exact) mass is 500 g/mol. The van der Waals surface area contributed by atoms with Gasteiger partial charge in [0.2, 0.25) is 0 Å². The SMILES string of the molecule is [Fe+2].[N-]=[N+]=[N-].[N-]=[N+]=[N-].c1cnc2c(c1)ccc1cccnc12.c1cnc2c(c1)ccc1cccnc12. The van der Waals surface area contributed by atoms with Crippen LogP contribution in [0.4, 0.5) is 0 Å². The van der Waals surface area contributed by atoms with Gasteiger partial charge in [0.05, 0.1) is 22.1 Å². The van der Waals surface area contributed by atoms with E-state index in [1.54, 1.807) is 24.8 Å². The Labute approximate surface area is 210 Å². The minimum atomic E-state index is 0. The van der Waals surface area contributed by atoms with Crippen molar-refractivity contribution in [2.45, 2.75) is 0 Å². The molecule has 6 aromatic rings. The molecule has 0 radical (unpaired) electrons. The Hall–Kier alpha value is -4.78. The van der Waals surface area contributed by atoms with Crippen LogP contribution in [-0.4, -0.2) is 19.9 Å². The number of hydrogen-bond acceptors (Lipinski definition) is 4. The van der Waals surface area contributed by atoms with Gasteiger partial charge in [0.25, 0.3) is 0 Å². The molecule has 0 amide bonds. The molecule has 6 rings (SSSR count). The van der Waals surface area contributed by atoms with Crippen molar-refractivity contribution in [3.8, 4) is 0 Å². The largest absolute Gasteiger partial charge is 2.00 e. The van der Waals surface area contributed by atoms with Gasteiger partial charge in [-0.15, -0.1) is 0 Å². The first-order valence-electron chi connectivity index (χ1n) is 9.87. The van der Waals surface area contributed by atoms with Crippen molar-refractivity contribution in [1.29, 1.82) is 0 Å². The summed E-state index contributed by atoms with van der Waals surface area (Å²) in [7, 11) is 0. The first-order chi connectivity index (χ1) is 16.7. The van der Waals surface area contributed by atoms with Gasteiger partial charge in [0.15, 0.2) is 0 Å². The van der Waals surface area contributed by atoms with Crippen LogP contribution in [0.5, 0.6) is 0 Å². The van der Waals surface area contributed by atoms with Gasteiger partial charge in [0.1, 0.15) is 0 Å². The summed E-state index contributed by atoms with van der Waals surface area (Å²) < 4.78 is 0. The molecule has 0 saturated carbocycles. The van der Waals surface area contributed by atoms with Crippen molar-refractivity contribution < 1.29 is 17.1 Å². The molecule has 0 bridgehead atoms. The Morgan fingerprint density at radius 2 is 0.600 bits per heavy atom. The predicted molar refractivity (Wildman–Crippen MR) is 134 cm³/mol. The van der Waals surface area contributed by atoms with Gasteiger partial charge < -0.3 is 22.1 Å². The fourth-order valence-corrected chi connectivity index (χ4v) is 3.36. The minimum Gasteiger partial charge on any atom is -0.373 e. The summed E-state index contributed by atoms with van der Waals surface area (Å²) in [5.74, 6) is 0. The van der Waals surface area contributed by atoms with E-state index in [9.17, 15) is 0 Å². The molecule has 4 aromatic heterocycles. The quantitative estimate of drug-likeness (QED) is 0.0701. The third kappa shape index (κ3) is 6.61. The summed E-state index contributed by atoms with van der Waals surface area (Å²) in [6.45, 7) is 0. The summed E-state index contributed by atoms with van der Waals surface area (Å²) in [6, 6.07) is 24.3. The molecule has 10 nitrogen and oxygen atoms in total. The Balaban J connectivity index is 0.000000198. The molecule has 0 atom stereocenters. The van der Waals surface area contributed by atoms with Crippen molar-refractivity contribution >= 4 is 43.6 Å². The van der Waals surface area contributed by atoms with Crippen molar-refractivity contribution in [2.75, 3.05) is 0 Å². The van der Waals surface area contributed by atoms with E-state index < -0.39 is 0 Å². The van der Waals surface area contributed by atoms with Crippen LogP contribution >= 0.6 is 0 Å². The third-order valence-corrected chi connectivity index (χ3v) is 4.69. The molecule has 35 heavy (non-hydrogen) atoms. The van der Waals surface area contributed by atoms with Crippen molar-refractivity contribution in [1.82, 2.24) is 19.9 Å². The van der Waals surface area contributed by atoms with Gasteiger partial charge >= 0.3 is 17.1 Å². The number of hydrogen-bond donors (Lipinski definition) is 0. The first-order valence-corrected chi connectivity index (χ1v) is 9.87. The summed E-state index contributed by atoms with van der Waals surface area (Å²) in [6.07, 6.45) is 7.21. The molecule has 0 aliphatic carbocycles.